The molecule has 0 unspecified atom stereocenters. The molecule has 0 aliphatic carbocycles. The Kier molecular flexibility index (Phi) is 5.68. The first-order valence-electron chi connectivity index (χ1n) is 8.58. The minimum Gasteiger partial charge on any atom is -0.462 e. The normalized spacial score (nSPS) is 10.6. The van der Waals surface area contributed by atoms with E-state index >= 15 is 0 Å². The summed E-state index contributed by atoms with van der Waals surface area (Å²) in [5, 5.41) is 0. The third kappa shape index (κ3) is 5.08. The van der Waals surface area contributed by atoms with Gasteiger partial charge in [-0.15, -0.1) is 0 Å². The molecule has 3 aromatic rings. The van der Waals surface area contributed by atoms with Crippen molar-refractivity contribution >= 4 is 5.97 Å². The Morgan fingerprint density at radius 3 is 2.12 bits per heavy atom. The van der Waals surface area contributed by atoms with E-state index in [0.717, 1.165) is 24.2 Å². The smallest absolute Gasteiger partial charge is 0.311 e. The number of esters is 1. The predicted octanol–water partition coefficient (Wildman–Crippen LogP) is 4.91. The van der Waals surface area contributed by atoms with Crippen molar-refractivity contribution in [2.24, 2.45) is 0 Å². The van der Waals surface area contributed by atoms with Gasteiger partial charge in [0.2, 0.25) is 0 Å². The van der Waals surface area contributed by atoms with Crippen molar-refractivity contribution in [2.45, 2.75) is 32.6 Å². The van der Waals surface area contributed by atoms with Crippen molar-refractivity contribution in [1.82, 2.24) is 0 Å². The maximum absolute atomic E-state index is 12.1. The molecule has 1 heterocycles. The minimum absolute atomic E-state index is 0.234. The van der Waals surface area contributed by atoms with Crippen LogP contribution in [0.1, 0.15) is 29.1 Å². The zero-order chi connectivity index (χ0) is 17.5. The molecule has 0 saturated carbocycles. The van der Waals surface area contributed by atoms with Crippen molar-refractivity contribution in [1.29, 1.82) is 0 Å². The monoisotopic (exact) mass is 334 g/mol. The van der Waals surface area contributed by atoms with Crippen molar-refractivity contribution in [3.05, 3.63) is 89.4 Å². The summed E-state index contributed by atoms with van der Waals surface area (Å²) in [6.07, 6.45) is 2.72. The molecule has 0 N–H and O–H groups in total. The van der Waals surface area contributed by atoms with E-state index in [-0.39, 0.29) is 5.97 Å². The van der Waals surface area contributed by atoms with E-state index in [1.54, 1.807) is 0 Å². The molecular formula is C22H22O3. The first-order valence-corrected chi connectivity index (χ1v) is 8.58. The molecule has 3 nitrogen and oxygen atoms in total. The summed E-state index contributed by atoms with van der Waals surface area (Å²) in [6.45, 7) is 1.83. The summed E-state index contributed by atoms with van der Waals surface area (Å²) in [6, 6.07) is 22.0. The number of furan rings is 1. The number of rotatable bonds is 7. The fourth-order valence-electron chi connectivity index (χ4n) is 2.73. The van der Waals surface area contributed by atoms with Gasteiger partial charge in [0, 0.05) is 18.9 Å². The van der Waals surface area contributed by atoms with Crippen LogP contribution in [0.25, 0.3) is 0 Å². The fourth-order valence-corrected chi connectivity index (χ4v) is 2.73. The van der Waals surface area contributed by atoms with Gasteiger partial charge in [0.15, 0.2) is 5.75 Å². The molecule has 128 valence electrons. The van der Waals surface area contributed by atoms with Crippen LogP contribution in [0.15, 0.2) is 71.1 Å². The maximum Gasteiger partial charge on any atom is 0.311 e. The molecule has 25 heavy (non-hydrogen) atoms. The summed E-state index contributed by atoms with van der Waals surface area (Å²) >= 11 is 0. The predicted molar refractivity (Wildman–Crippen MR) is 97.7 cm³/mol. The number of ether oxygens (including phenoxy) is 1. The van der Waals surface area contributed by atoms with Crippen molar-refractivity contribution in [2.75, 3.05) is 0 Å². The number of aryl methyl sites for hydroxylation is 4. The van der Waals surface area contributed by atoms with Crippen LogP contribution >= 0.6 is 0 Å². The van der Waals surface area contributed by atoms with Crippen LogP contribution in [0.4, 0.5) is 0 Å². The lowest BCUT2D eigenvalue weighted by molar-refractivity contribution is -0.134. The lowest BCUT2D eigenvalue weighted by Crippen LogP contribution is -2.09. The van der Waals surface area contributed by atoms with Crippen molar-refractivity contribution in [3.63, 3.8) is 0 Å². The minimum atomic E-state index is -0.234. The summed E-state index contributed by atoms with van der Waals surface area (Å²) < 4.78 is 11.2. The molecule has 0 spiro atoms. The molecule has 0 saturated heterocycles. The Bertz CT molecular complexity index is 804. The van der Waals surface area contributed by atoms with Gasteiger partial charge in [-0.25, -0.2) is 0 Å². The quantitative estimate of drug-likeness (QED) is 0.576. The molecular weight excluding hydrogens is 312 g/mol. The van der Waals surface area contributed by atoms with Crippen LogP contribution in [0, 0.1) is 6.92 Å². The third-order valence-corrected chi connectivity index (χ3v) is 4.11. The molecule has 3 rings (SSSR count). The van der Waals surface area contributed by atoms with E-state index in [0.29, 0.717) is 24.4 Å². The summed E-state index contributed by atoms with van der Waals surface area (Å²) in [5.74, 6) is 1.78. The highest BCUT2D eigenvalue weighted by Gasteiger charge is 2.13. The third-order valence-electron chi connectivity index (χ3n) is 4.11. The van der Waals surface area contributed by atoms with Gasteiger partial charge >= 0.3 is 5.97 Å². The molecule has 0 aliphatic rings. The number of carbonyl (C=O) groups excluding carboxylic acids is 1. The second-order valence-corrected chi connectivity index (χ2v) is 6.08. The van der Waals surface area contributed by atoms with Gasteiger partial charge in [-0.1, -0.05) is 60.7 Å². The SMILES string of the molecule is Cc1oc(CCc2ccccc2)cc1OC(=O)CCc1ccccc1. The topological polar surface area (TPSA) is 39.4 Å². The average Bonchev–Trinajstić information content (AvgIpc) is 2.99. The van der Waals surface area contributed by atoms with E-state index in [4.69, 9.17) is 9.15 Å². The number of hydrogen-bond acceptors (Lipinski definition) is 3. The average molecular weight is 334 g/mol. The fraction of sp³-hybridized carbons (Fsp3) is 0.227. The van der Waals surface area contributed by atoms with Gasteiger partial charge in [-0.05, 0) is 30.9 Å². The Morgan fingerprint density at radius 1 is 0.880 bits per heavy atom. The highest BCUT2D eigenvalue weighted by atomic mass is 16.5. The standard InChI is InChI=1S/C22H22O3/c1-17-21(25-22(23)15-13-19-10-6-3-7-11-19)16-20(24-17)14-12-18-8-4-2-5-9-18/h2-11,16H,12-15H2,1H3. The van der Waals surface area contributed by atoms with Gasteiger partial charge in [-0.3, -0.25) is 4.79 Å². The number of benzene rings is 2. The molecule has 3 heteroatoms. The van der Waals surface area contributed by atoms with Crippen molar-refractivity contribution < 1.29 is 13.9 Å². The molecule has 0 amide bonds. The van der Waals surface area contributed by atoms with E-state index in [2.05, 4.69) is 12.1 Å². The summed E-state index contributed by atoms with van der Waals surface area (Å²) in [4.78, 5) is 12.1. The van der Waals surface area contributed by atoms with E-state index in [9.17, 15) is 4.79 Å². The van der Waals surface area contributed by atoms with Crippen LogP contribution in [0.5, 0.6) is 5.75 Å². The van der Waals surface area contributed by atoms with Gasteiger partial charge in [0.1, 0.15) is 11.5 Å². The van der Waals surface area contributed by atoms with Gasteiger partial charge < -0.3 is 9.15 Å². The molecule has 0 fully saturated rings. The van der Waals surface area contributed by atoms with Crippen LogP contribution in [0.2, 0.25) is 0 Å². The van der Waals surface area contributed by atoms with Crippen LogP contribution in [-0.2, 0) is 24.1 Å². The highest BCUT2D eigenvalue weighted by molar-refractivity contribution is 5.72. The zero-order valence-corrected chi connectivity index (χ0v) is 14.4. The Balaban J connectivity index is 1.52. The van der Waals surface area contributed by atoms with Gasteiger partial charge in [-0.2, -0.15) is 0 Å². The Labute approximate surface area is 148 Å². The lowest BCUT2D eigenvalue weighted by atomic mass is 10.1. The number of carbonyl (C=O) groups is 1. The zero-order valence-electron chi connectivity index (χ0n) is 14.4. The summed E-state index contributed by atoms with van der Waals surface area (Å²) in [5.41, 5.74) is 2.39. The van der Waals surface area contributed by atoms with Gasteiger partial charge in [0.25, 0.3) is 0 Å². The largest absolute Gasteiger partial charge is 0.462 e. The van der Waals surface area contributed by atoms with Crippen LogP contribution in [-0.4, -0.2) is 5.97 Å². The second-order valence-electron chi connectivity index (χ2n) is 6.08. The summed E-state index contributed by atoms with van der Waals surface area (Å²) in [7, 11) is 0. The molecule has 0 radical (unpaired) electrons. The van der Waals surface area contributed by atoms with E-state index in [1.807, 2.05) is 61.5 Å². The second kappa shape index (κ2) is 8.34. The maximum atomic E-state index is 12.1. The Morgan fingerprint density at radius 2 is 1.48 bits per heavy atom. The van der Waals surface area contributed by atoms with Crippen LogP contribution < -0.4 is 4.74 Å². The lowest BCUT2D eigenvalue weighted by Gasteiger charge is -2.02. The Hall–Kier alpha value is -2.81. The highest BCUT2D eigenvalue weighted by Crippen LogP contribution is 2.24. The van der Waals surface area contributed by atoms with Crippen molar-refractivity contribution in [3.8, 4) is 5.75 Å². The molecule has 0 aliphatic heterocycles. The molecule has 1 aromatic heterocycles. The molecule has 0 atom stereocenters. The van der Waals surface area contributed by atoms with E-state index < -0.39 is 0 Å². The molecule has 2 aromatic carbocycles. The first-order chi connectivity index (χ1) is 12.2. The van der Waals surface area contributed by atoms with Gasteiger partial charge in [0.05, 0.1) is 0 Å². The van der Waals surface area contributed by atoms with E-state index in [1.165, 1.54) is 5.56 Å². The number of hydrogen-bond donors (Lipinski definition) is 0. The van der Waals surface area contributed by atoms with Crippen LogP contribution in [0.3, 0.4) is 0 Å². The first kappa shape index (κ1) is 17.0. The molecule has 0 bridgehead atoms.